The molecule has 0 saturated heterocycles. The van der Waals surface area contributed by atoms with Crippen molar-refractivity contribution in [2.75, 3.05) is 0 Å². The third-order valence-corrected chi connectivity index (χ3v) is 11.7. The van der Waals surface area contributed by atoms with E-state index in [-0.39, 0.29) is 0 Å². The van der Waals surface area contributed by atoms with Gasteiger partial charge in [0.15, 0.2) is 0 Å². The van der Waals surface area contributed by atoms with E-state index in [0.29, 0.717) is 8.49 Å². The van der Waals surface area contributed by atoms with Crippen LogP contribution in [-0.2, 0) is 0 Å². The van der Waals surface area contributed by atoms with E-state index in [0.717, 1.165) is 0 Å². The van der Waals surface area contributed by atoms with Gasteiger partial charge in [-0.2, -0.15) is 0 Å². The van der Waals surface area contributed by atoms with Gasteiger partial charge in [0.25, 0.3) is 0 Å². The quantitative estimate of drug-likeness (QED) is 0.525. The number of rotatable bonds is 0. The molecule has 0 bridgehead atoms. The van der Waals surface area contributed by atoms with Crippen LogP contribution < -0.4 is 0 Å². The normalized spacial score (nSPS) is 14.4. The molecule has 0 fully saturated rings. The van der Waals surface area contributed by atoms with Crippen molar-refractivity contribution < 1.29 is 0 Å². The Hall–Kier alpha value is 0.543. The van der Waals surface area contributed by atoms with Gasteiger partial charge in [-0.25, -0.2) is 0 Å². The van der Waals surface area contributed by atoms with E-state index >= 15 is 0 Å². The summed E-state index contributed by atoms with van der Waals surface area (Å²) in [6.07, 6.45) is 0. The fourth-order valence-corrected chi connectivity index (χ4v) is 5.85. The Morgan fingerprint density at radius 1 is 0.700 bits per heavy atom. The number of hydrogen-bond acceptors (Lipinski definition) is 0. The third kappa shape index (κ3) is 3.09. The Balaban J connectivity index is 4.23. The fourth-order valence-electron chi connectivity index (χ4n) is 1.12. The Bertz CT molecular complexity index is 88.9. The van der Waals surface area contributed by atoms with Crippen molar-refractivity contribution in [3.63, 3.8) is 0 Å². The van der Waals surface area contributed by atoms with E-state index in [9.17, 15) is 0 Å². The first-order valence-corrected chi connectivity index (χ1v) is 8.20. The van der Waals surface area contributed by atoms with E-state index in [4.69, 9.17) is 0 Å². The summed E-state index contributed by atoms with van der Waals surface area (Å²) in [6.45, 7) is 14.3. The van der Waals surface area contributed by atoms with Gasteiger partial charge < -0.3 is 0 Å². The molecule has 1 radical (unpaired) electrons. The SMILES string of the molecule is [CH3][Ge]([C](C)(C)C)[C](C)(C)C. The second kappa shape index (κ2) is 2.88. The molecule has 0 aromatic rings. The molecule has 0 unspecified atom stereocenters. The van der Waals surface area contributed by atoms with Crippen molar-refractivity contribution in [3.8, 4) is 0 Å². The Labute approximate surface area is 70.5 Å². The molecule has 0 nitrogen and oxygen atoms in total. The van der Waals surface area contributed by atoms with Gasteiger partial charge in [-0.3, -0.25) is 0 Å². The fraction of sp³-hybridized carbons (Fsp3) is 1.00. The van der Waals surface area contributed by atoms with Crippen LogP contribution in [-0.4, -0.2) is 14.3 Å². The summed E-state index contributed by atoms with van der Waals surface area (Å²) in [5.41, 5.74) is 0. The summed E-state index contributed by atoms with van der Waals surface area (Å²) < 4.78 is 1.22. The average molecular weight is 202 g/mol. The molecule has 0 spiro atoms. The van der Waals surface area contributed by atoms with Gasteiger partial charge in [0.2, 0.25) is 0 Å². The molecular formula is C9H21Ge. The van der Waals surface area contributed by atoms with Gasteiger partial charge in [-0.1, -0.05) is 0 Å². The topological polar surface area (TPSA) is 0 Å². The molecule has 0 aliphatic carbocycles. The maximum atomic E-state index is 2.50. The van der Waals surface area contributed by atoms with Crippen molar-refractivity contribution >= 4 is 14.3 Å². The summed E-state index contributed by atoms with van der Waals surface area (Å²) in [5, 5.41) is 0. The third-order valence-electron chi connectivity index (χ3n) is 2.25. The van der Waals surface area contributed by atoms with E-state index in [1.54, 1.807) is 0 Å². The van der Waals surface area contributed by atoms with Crippen LogP contribution in [0, 0.1) is 0 Å². The van der Waals surface area contributed by atoms with Gasteiger partial charge in [-0.15, -0.1) is 0 Å². The second-order valence-corrected chi connectivity index (χ2v) is 14.0. The molecule has 0 N–H and O–H groups in total. The maximum absolute atomic E-state index is 2.50. The molecule has 0 heterocycles. The molecule has 0 rings (SSSR count). The molecule has 1 heteroatoms. The van der Waals surface area contributed by atoms with Crippen molar-refractivity contribution in [2.45, 2.75) is 55.8 Å². The zero-order chi connectivity index (χ0) is 8.58. The van der Waals surface area contributed by atoms with E-state index in [2.05, 4.69) is 47.3 Å². The molecule has 0 aromatic carbocycles. The van der Waals surface area contributed by atoms with Crippen molar-refractivity contribution in [1.29, 1.82) is 0 Å². The average Bonchev–Trinajstić information content (AvgIpc) is 1.59. The van der Waals surface area contributed by atoms with Crippen LogP contribution in [0.4, 0.5) is 0 Å². The van der Waals surface area contributed by atoms with Gasteiger partial charge in [0, 0.05) is 0 Å². The molecule has 0 amide bonds. The summed E-state index contributed by atoms with van der Waals surface area (Å²) >= 11 is -0.847. The van der Waals surface area contributed by atoms with E-state index < -0.39 is 14.3 Å². The zero-order valence-corrected chi connectivity index (χ0v) is 10.6. The first kappa shape index (κ1) is 10.5. The summed E-state index contributed by atoms with van der Waals surface area (Å²) in [4.78, 5) is 0. The summed E-state index contributed by atoms with van der Waals surface area (Å²) in [5.74, 6) is 2.50. The van der Waals surface area contributed by atoms with Crippen LogP contribution in [0.25, 0.3) is 0 Å². The Morgan fingerprint density at radius 3 is 0.900 bits per heavy atom. The molecule has 0 saturated carbocycles. The molecule has 0 aromatic heterocycles. The minimum atomic E-state index is -0.847. The Morgan fingerprint density at radius 2 is 0.900 bits per heavy atom. The molecular weight excluding hydrogens is 181 g/mol. The van der Waals surface area contributed by atoms with Crippen LogP contribution in [0.3, 0.4) is 0 Å². The van der Waals surface area contributed by atoms with Crippen molar-refractivity contribution in [2.24, 2.45) is 0 Å². The van der Waals surface area contributed by atoms with Crippen LogP contribution in [0.1, 0.15) is 41.5 Å². The molecule has 61 valence electrons. The van der Waals surface area contributed by atoms with Gasteiger partial charge in [0.05, 0.1) is 0 Å². The summed E-state index contributed by atoms with van der Waals surface area (Å²) in [6, 6.07) is 0. The van der Waals surface area contributed by atoms with Gasteiger partial charge in [0.1, 0.15) is 0 Å². The van der Waals surface area contributed by atoms with Crippen molar-refractivity contribution in [3.05, 3.63) is 0 Å². The van der Waals surface area contributed by atoms with Crippen molar-refractivity contribution in [1.82, 2.24) is 0 Å². The van der Waals surface area contributed by atoms with Crippen LogP contribution in [0.15, 0.2) is 0 Å². The Kier molecular flexibility index (Phi) is 3.04. The van der Waals surface area contributed by atoms with Gasteiger partial charge >= 0.3 is 70.1 Å². The number of hydrogen-bond donors (Lipinski definition) is 0. The predicted octanol–water partition coefficient (Wildman–Crippen LogP) is 3.71. The first-order chi connectivity index (χ1) is 4.15. The first-order valence-electron chi connectivity index (χ1n) is 4.00. The summed E-state index contributed by atoms with van der Waals surface area (Å²) in [7, 11) is 0. The zero-order valence-electron chi connectivity index (χ0n) is 8.50. The second-order valence-electron chi connectivity index (χ2n) is 5.12. The van der Waals surface area contributed by atoms with Crippen LogP contribution >= 0.6 is 0 Å². The standard InChI is InChI=1S/C9H21Ge/c1-8(2,3)10(7)9(4,5)6/h1-7H3. The monoisotopic (exact) mass is 203 g/mol. The minimum absolute atomic E-state index is 0.609. The molecule has 0 aliphatic heterocycles. The van der Waals surface area contributed by atoms with Crippen LogP contribution in [0.5, 0.6) is 0 Å². The van der Waals surface area contributed by atoms with E-state index in [1.165, 1.54) is 0 Å². The molecule has 0 aliphatic rings. The van der Waals surface area contributed by atoms with Crippen LogP contribution in [0.2, 0.25) is 14.3 Å². The van der Waals surface area contributed by atoms with Gasteiger partial charge in [-0.05, 0) is 0 Å². The van der Waals surface area contributed by atoms with E-state index in [1.807, 2.05) is 0 Å². The predicted molar refractivity (Wildman–Crippen MR) is 51.0 cm³/mol. The molecule has 0 atom stereocenters. The molecule has 10 heavy (non-hydrogen) atoms.